The molecule has 1 aromatic heterocycles. The van der Waals surface area contributed by atoms with E-state index in [0.717, 1.165) is 0 Å². The molecule has 0 spiro atoms. The number of anilines is 1. The van der Waals surface area contributed by atoms with Gasteiger partial charge in [-0.3, -0.25) is 0 Å². The molecule has 0 amide bonds. The molecule has 0 aliphatic rings. The fraction of sp³-hybridized carbons (Fsp3) is 0.500. The van der Waals surface area contributed by atoms with Crippen molar-refractivity contribution in [1.82, 2.24) is 10.2 Å². The highest BCUT2D eigenvalue weighted by atomic mass is 16.4. The lowest BCUT2D eigenvalue weighted by Gasteiger charge is -1.92. The highest BCUT2D eigenvalue weighted by Gasteiger charge is 2.05. The Bertz CT molecular complexity index is 194. The fourth-order valence-electron chi connectivity index (χ4n) is 0.431. The highest BCUT2D eigenvalue weighted by Crippen LogP contribution is 2.07. The van der Waals surface area contributed by atoms with E-state index >= 15 is 0 Å². The summed E-state index contributed by atoms with van der Waals surface area (Å²) in [6.07, 6.45) is 0. The van der Waals surface area contributed by atoms with Crippen molar-refractivity contribution < 1.29 is 4.42 Å². The number of nitrogens with zero attached hydrogens (tertiary/aromatic N) is 2. The Morgan fingerprint density at radius 3 is 2.44 bits per heavy atom. The third-order valence-corrected chi connectivity index (χ3v) is 0.846. The van der Waals surface area contributed by atoms with Crippen molar-refractivity contribution in [2.75, 3.05) is 5.73 Å². The van der Waals surface area contributed by atoms with Crippen molar-refractivity contribution in [2.45, 2.75) is 13.0 Å². The molecular weight excluding hydrogens is 120 g/mol. The van der Waals surface area contributed by atoms with Crippen molar-refractivity contribution >= 4 is 6.01 Å². The van der Waals surface area contributed by atoms with Crippen molar-refractivity contribution in [3.8, 4) is 0 Å². The summed E-state index contributed by atoms with van der Waals surface area (Å²) in [5.74, 6) is 0.368. The molecule has 4 N–H and O–H groups in total. The minimum Gasteiger partial charge on any atom is -0.407 e. The van der Waals surface area contributed by atoms with Gasteiger partial charge in [0, 0.05) is 0 Å². The zero-order valence-corrected chi connectivity index (χ0v) is 5.03. The lowest BCUT2D eigenvalue weighted by molar-refractivity contribution is 0.477. The van der Waals surface area contributed by atoms with Gasteiger partial charge >= 0.3 is 6.01 Å². The average molecular weight is 128 g/mol. The normalized spacial score (nSPS) is 13.6. The van der Waals surface area contributed by atoms with Crippen molar-refractivity contribution in [2.24, 2.45) is 5.73 Å². The van der Waals surface area contributed by atoms with Gasteiger partial charge in [-0.2, -0.15) is 0 Å². The minimum absolute atomic E-state index is 0.0577. The first kappa shape index (κ1) is 6.03. The summed E-state index contributed by atoms with van der Waals surface area (Å²) in [5.41, 5.74) is 10.5. The first-order valence-electron chi connectivity index (χ1n) is 2.54. The molecule has 0 saturated heterocycles. The predicted molar refractivity (Wildman–Crippen MR) is 31.3 cm³/mol. The molecule has 50 valence electrons. The standard InChI is InChI=1S/C4H8N4O/c1-2(5)3-7-8-4(6)9-3/h2H,5H2,1H3,(H2,6,8)/t2-/m0/s1. The van der Waals surface area contributed by atoms with Crippen LogP contribution in [0.3, 0.4) is 0 Å². The zero-order chi connectivity index (χ0) is 6.85. The Morgan fingerprint density at radius 2 is 2.22 bits per heavy atom. The van der Waals surface area contributed by atoms with Crippen LogP contribution >= 0.6 is 0 Å². The zero-order valence-electron chi connectivity index (χ0n) is 5.03. The van der Waals surface area contributed by atoms with Gasteiger partial charge in [-0.25, -0.2) is 0 Å². The van der Waals surface area contributed by atoms with E-state index in [4.69, 9.17) is 15.9 Å². The Kier molecular flexibility index (Phi) is 1.35. The Balaban J connectivity index is 2.85. The SMILES string of the molecule is C[C@H](N)c1nnc(N)o1. The third-order valence-electron chi connectivity index (χ3n) is 0.846. The van der Waals surface area contributed by atoms with E-state index in [1.165, 1.54) is 0 Å². The second-order valence-corrected chi connectivity index (χ2v) is 1.77. The van der Waals surface area contributed by atoms with Gasteiger partial charge in [-0.1, -0.05) is 5.10 Å². The molecule has 0 aliphatic heterocycles. The summed E-state index contributed by atoms with van der Waals surface area (Å²) in [5, 5.41) is 6.97. The molecule has 1 aromatic rings. The summed E-state index contributed by atoms with van der Waals surface area (Å²) in [4.78, 5) is 0. The van der Waals surface area contributed by atoms with Crippen molar-refractivity contribution in [3.05, 3.63) is 5.89 Å². The van der Waals surface area contributed by atoms with Gasteiger partial charge in [-0.05, 0) is 6.92 Å². The molecule has 0 unspecified atom stereocenters. The molecule has 0 aliphatic carbocycles. The maximum Gasteiger partial charge on any atom is 0.312 e. The van der Waals surface area contributed by atoms with E-state index < -0.39 is 0 Å². The van der Waals surface area contributed by atoms with Crippen LogP contribution in [0.5, 0.6) is 0 Å². The summed E-state index contributed by atoms with van der Waals surface area (Å²) in [6, 6.07) is -0.183. The monoisotopic (exact) mass is 128 g/mol. The van der Waals surface area contributed by atoms with Crippen LogP contribution in [0.4, 0.5) is 6.01 Å². The fourth-order valence-corrected chi connectivity index (χ4v) is 0.431. The molecule has 0 radical (unpaired) electrons. The lowest BCUT2D eigenvalue weighted by atomic mass is 10.4. The first-order chi connectivity index (χ1) is 4.20. The maximum absolute atomic E-state index is 5.38. The minimum atomic E-state index is -0.241. The van der Waals surface area contributed by atoms with Gasteiger partial charge in [-0.15, -0.1) is 5.10 Å². The van der Waals surface area contributed by atoms with E-state index in [1.807, 2.05) is 0 Å². The molecule has 5 nitrogen and oxygen atoms in total. The largest absolute Gasteiger partial charge is 0.407 e. The van der Waals surface area contributed by atoms with Crippen LogP contribution in [0.25, 0.3) is 0 Å². The quantitative estimate of drug-likeness (QED) is 0.540. The molecule has 0 aromatic carbocycles. The topological polar surface area (TPSA) is 91.0 Å². The lowest BCUT2D eigenvalue weighted by Crippen LogP contribution is -2.04. The van der Waals surface area contributed by atoms with Crippen molar-refractivity contribution in [1.29, 1.82) is 0 Å². The Hall–Kier alpha value is -1.10. The van der Waals surface area contributed by atoms with Crippen LogP contribution in [0, 0.1) is 0 Å². The van der Waals surface area contributed by atoms with E-state index in [2.05, 4.69) is 10.2 Å². The number of nitrogens with two attached hydrogens (primary N) is 2. The molecule has 0 saturated carbocycles. The van der Waals surface area contributed by atoms with E-state index in [1.54, 1.807) is 6.92 Å². The van der Waals surface area contributed by atoms with Crippen molar-refractivity contribution in [3.63, 3.8) is 0 Å². The summed E-state index contributed by atoms with van der Waals surface area (Å²) in [7, 11) is 0. The number of hydrogen-bond donors (Lipinski definition) is 2. The van der Waals surface area contributed by atoms with E-state index in [-0.39, 0.29) is 12.1 Å². The van der Waals surface area contributed by atoms with Crippen LogP contribution in [0.15, 0.2) is 4.42 Å². The van der Waals surface area contributed by atoms with Gasteiger partial charge < -0.3 is 15.9 Å². The predicted octanol–water partition coefficient (Wildman–Crippen LogP) is -0.328. The molecule has 9 heavy (non-hydrogen) atoms. The number of nitrogen functional groups attached to an aromatic ring is 1. The Labute approximate surface area is 52.0 Å². The van der Waals surface area contributed by atoms with Gasteiger partial charge in [0.2, 0.25) is 5.89 Å². The van der Waals surface area contributed by atoms with Crippen LogP contribution in [-0.2, 0) is 0 Å². The van der Waals surface area contributed by atoms with Crippen LogP contribution in [0.2, 0.25) is 0 Å². The molecule has 0 bridgehead atoms. The van der Waals surface area contributed by atoms with Crippen LogP contribution < -0.4 is 11.5 Å². The van der Waals surface area contributed by atoms with Crippen LogP contribution in [-0.4, -0.2) is 10.2 Å². The number of hydrogen-bond acceptors (Lipinski definition) is 5. The summed E-state index contributed by atoms with van der Waals surface area (Å²) in [6.45, 7) is 1.74. The maximum atomic E-state index is 5.38. The summed E-state index contributed by atoms with van der Waals surface area (Å²) < 4.78 is 4.78. The average Bonchev–Trinajstić information content (AvgIpc) is 2.14. The molecule has 1 atom stereocenters. The third kappa shape index (κ3) is 1.17. The molecular formula is C4H8N4O. The number of rotatable bonds is 1. The van der Waals surface area contributed by atoms with Gasteiger partial charge in [0.25, 0.3) is 0 Å². The highest BCUT2D eigenvalue weighted by molar-refractivity contribution is 5.05. The molecule has 1 heterocycles. The Morgan fingerprint density at radius 1 is 1.56 bits per heavy atom. The molecule has 0 fully saturated rings. The summed E-state index contributed by atoms with van der Waals surface area (Å²) >= 11 is 0. The van der Waals surface area contributed by atoms with Gasteiger partial charge in [0.05, 0.1) is 6.04 Å². The second-order valence-electron chi connectivity index (χ2n) is 1.77. The molecule has 5 heteroatoms. The van der Waals surface area contributed by atoms with Gasteiger partial charge in [0.15, 0.2) is 0 Å². The second kappa shape index (κ2) is 2.02. The van der Waals surface area contributed by atoms with E-state index in [0.29, 0.717) is 5.89 Å². The van der Waals surface area contributed by atoms with E-state index in [9.17, 15) is 0 Å². The molecule has 1 rings (SSSR count). The number of aromatic nitrogens is 2. The van der Waals surface area contributed by atoms with Crippen LogP contribution in [0.1, 0.15) is 18.9 Å². The van der Waals surface area contributed by atoms with Gasteiger partial charge in [0.1, 0.15) is 0 Å². The first-order valence-corrected chi connectivity index (χ1v) is 2.54. The smallest absolute Gasteiger partial charge is 0.312 e.